The molecular weight excluding hydrogens is 400 g/mol. The van der Waals surface area contributed by atoms with E-state index in [4.69, 9.17) is 17.0 Å². The maximum absolute atomic E-state index is 12.0. The van der Waals surface area contributed by atoms with E-state index in [1.54, 1.807) is 0 Å². The van der Waals surface area contributed by atoms with E-state index >= 15 is 0 Å². The Hall–Kier alpha value is -1.92. The van der Waals surface area contributed by atoms with Crippen LogP contribution >= 0.6 is 28.1 Å². The molecule has 0 spiro atoms. The van der Waals surface area contributed by atoms with Crippen LogP contribution in [0.5, 0.6) is 5.75 Å². The Labute approximate surface area is 162 Å². The van der Waals surface area contributed by atoms with Gasteiger partial charge in [-0.3, -0.25) is 10.1 Å². The van der Waals surface area contributed by atoms with Crippen LogP contribution in [0.3, 0.4) is 0 Å². The van der Waals surface area contributed by atoms with Gasteiger partial charge in [0.1, 0.15) is 5.75 Å². The first kappa shape index (κ1) is 19.4. The molecule has 2 rings (SSSR count). The van der Waals surface area contributed by atoms with Crippen LogP contribution in [0.2, 0.25) is 0 Å². The number of thiocarbonyl (C=S) groups is 1. The molecule has 6 heteroatoms. The third kappa shape index (κ3) is 5.54. The van der Waals surface area contributed by atoms with Gasteiger partial charge in [0.2, 0.25) is 0 Å². The molecule has 0 atom stereocenters. The lowest BCUT2D eigenvalue weighted by Crippen LogP contribution is -2.37. The Balaban J connectivity index is 1.91. The Kier molecular flexibility index (Phi) is 6.56. The van der Waals surface area contributed by atoms with Gasteiger partial charge in [0, 0.05) is 5.69 Å². The van der Waals surface area contributed by atoms with Gasteiger partial charge < -0.3 is 10.1 Å². The first-order valence-electron chi connectivity index (χ1n) is 7.84. The molecule has 0 aromatic heterocycles. The summed E-state index contributed by atoms with van der Waals surface area (Å²) in [5.74, 6) is 0.303. The maximum Gasteiger partial charge on any atom is 0.264 e. The topological polar surface area (TPSA) is 50.4 Å². The lowest BCUT2D eigenvalue weighted by atomic mass is 10.1. The van der Waals surface area contributed by atoms with E-state index in [2.05, 4.69) is 38.7 Å². The van der Waals surface area contributed by atoms with Crippen molar-refractivity contribution in [2.24, 2.45) is 0 Å². The molecule has 132 valence electrons. The Morgan fingerprint density at radius 2 is 1.72 bits per heavy atom. The molecule has 4 nitrogen and oxygen atoms in total. The average molecular weight is 421 g/mol. The SMILES string of the molecule is Cc1cc(C)c(NC(=S)NC(=O)COc2ccc(C)cc2Br)c(C)c1. The number of hydrogen-bond donors (Lipinski definition) is 2. The van der Waals surface area contributed by atoms with E-state index in [1.165, 1.54) is 5.56 Å². The molecule has 2 aromatic carbocycles. The summed E-state index contributed by atoms with van der Waals surface area (Å²) >= 11 is 8.65. The summed E-state index contributed by atoms with van der Waals surface area (Å²) in [7, 11) is 0. The van der Waals surface area contributed by atoms with E-state index in [9.17, 15) is 4.79 Å². The highest BCUT2D eigenvalue weighted by molar-refractivity contribution is 9.10. The highest BCUT2D eigenvalue weighted by Gasteiger charge is 2.10. The summed E-state index contributed by atoms with van der Waals surface area (Å²) in [6.07, 6.45) is 0. The van der Waals surface area contributed by atoms with Gasteiger partial charge >= 0.3 is 0 Å². The molecule has 0 unspecified atom stereocenters. The fraction of sp³-hybridized carbons (Fsp3) is 0.263. The van der Waals surface area contributed by atoms with Crippen LogP contribution in [0.4, 0.5) is 5.69 Å². The molecule has 0 saturated heterocycles. The molecule has 2 N–H and O–H groups in total. The summed E-state index contributed by atoms with van der Waals surface area (Å²) in [6.45, 7) is 7.93. The molecule has 0 aliphatic rings. The standard InChI is InChI=1S/C19H21BrN2O2S/c1-11-5-6-16(15(20)9-11)24-10-17(23)21-19(25)22-18-13(3)7-12(2)8-14(18)4/h5-9H,10H2,1-4H3,(H2,21,22,23,25). The van der Waals surface area contributed by atoms with Gasteiger partial charge in [-0.05, 0) is 84.7 Å². The molecule has 2 aromatic rings. The number of carbonyl (C=O) groups is 1. The van der Waals surface area contributed by atoms with Crippen molar-refractivity contribution < 1.29 is 9.53 Å². The highest BCUT2D eigenvalue weighted by Crippen LogP contribution is 2.25. The Bertz CT molecular complexity index is 798. The summed E-state index contributed by atoms with van der Waals surface area (Å²) in [4.78, 5) is 12.0. The van der Waals surface area contributed by atoms with Crippen LogP contribution < -0.4 is 15.4 Å². The second-order valence-electron chi connectivity index (χ2n) is 6.00. The van der Waals surface area contributed by atoms with Crippen molar-refractivity contribution in [3.05, 3.63) is 57.1 Å². The van der Waals surface area contributed by atoms with Crippen molar-refractivity contribution in [3.8, 4) is 5.75 Å². The largest absolute Gasteiger partial charge is 0.483 e. The van der Waals surface area contributed by atoms with Crippen LogP contribution in [0, 0.1) is 27.7 Å². The number of carbonyl (C=O) groups excluding carboxylic acids is 1. The zero-order valence-electron chi connectivity index (χ0n) is 14.7. The van der Waals surface area contributed by atoms with Crippen LogP contribution in [0.1, 0.15) is 22.3 Å². The molecular formula is C19H21BrN2O2S. The first-order chi connectivity index (χ1) is 11.8. The number of benzene rings is 2. The predicted molar refractivity (Wildman–Crippen MR) is 109 cm³/mol. The van der Waals surface area contributed by atoms with Gasteiger partial charge in [0.15, 0.2) is 11.7 Å². The van der Waals surface area contributed by atoms with Gasteiger partial charge in [-0.25, -0.2) is 0 Å². The lowest BCUT2D eigenvalue weighted by molar-refractivity contribution is -0.121. The molecule has 0 aliphatic heterocycles. The number of anilines is 1. The fourth-order valence-electron chi connectivity index (χ4n) is 2.55. The van der Waals surface area contributed by atoms with Gasteiger partial charge in [0.25, 0.3) is 5.91 Å². The number of halogens is 1. The molecule has 0 heterocycles. The number of nitrogens with one attached hydrogen (secondary N) is 2. The average Bonchev–Trinajstić information content (AvgIpc) is 2.50. The number of hydrogen-bond acceptors (Lipinski definition) is 3. The number of aryl methyl sites for hydroxylation is 4. The van der Waals surface area contributed by atoms with Crippen LogP contribution in [0.25, 0.3) is 0 Å². The minimum absolute atomic E-state index is 0.116. The van der Waals surface area contributed by atoms with Gasteiger partial charge in [0.05, 0.1) is 4.47 Å². The van der Waals surface area contributed by atoms with Crippen molar-refractivity contribution in [1.29, 1.82) is 0 Å². The predicted octanol–water partition coefficient (Wildman–Crippen LogP) is 4.57. The zero-order chi connectivity index (χ0) is 18.6. The molecule has 25 heavy (non-hydrogen) atoms. The van der Waals surface area contributed by atoms with Crippen LogP contribution in [0.15, 0.2) is 34.8 Å². The van der Waals surface area contributed by atoms with E-state index in [-0.39, 0.29) is 17.6 Å². The molecule has 0 radical (unpaired) electrons. The summed E-state index contributed by atoms with van der Waals surface area (Å²) in [5, 5.41) is 5.98. The number of amides is 1. The summed E-state index contributed by atoms with van der Waals surface area (Å²) in [6, 6.07) is 9.81. The Morgan fingerprint density at radius 1 is 1.08 bits per heavy atom. The molecule has 0 aliphatic carbocycles. The zero-order valence-corrected chi connectivity index (χ0v) is 17.1. The minimum Gasteiger partial charge on any atom is -0.483 e. The quantitative estimate of drug-likeness (QED) is 0.710. The number of rotatable bonds is 4. The van der Waals surface area contributed by atoms with Gasteiger partial charge in [-0.1, -0.05) is 23.8 Å². The smallest absolute Gasteiger partial charge is 0.264 e. The van der Waals surface area contributed by atoms with Crippen molar-refractivity contribution >= 4 is 44.9 Å². The van der Waals surface area contributed by atoms with E-state index in [0.717, 1.165) is 26.9 Å². The van der Waals surface area contributed by atoms with Crippen molar-refractivity contribution in [2.75, 3.05) is 11.9 Å². The number of ether oxygens (including phenoxy) is 1. The Morgan fingerprint density at radius 3 is 2.32 bits per heavy atom. The fourth-order valence-corrected chi connectivity index (χ4v) is 3.37. The second-order valence-corrected chi connectivity index (χ2v) is 7.26. The van der Waals surface area contributed by atoms with Crippen molar-refractivity contribution in [3.63, 3.8) is 0 Å². The highest BCUT2D eigenvalue weighted by atomic mass is 79.9. The van der Waals surface area contributed by atoms with Crippen molar-refractivity contribution in [1.82, 2.24) is 5.32 Å². The monoisotopic (exact) mass is 420 g/mol. The third-order valence-electron chi connectivity index (χ3n) is 3.61. The summed E-state index contributed by atoms with van der Waals surface area (Å²) in [5.41, 5.74) is 5.37. The van der Waals surface area contributed by atoms with E-state index in [1.807, 2.05) is 45.9 Å². The minimum atomic E-state index is -0.313. The third-order valence-corrected chi connectivity index (χ3v) is 4.44. The second kappa shape index (κ2) is 8.45. The van der Waals surface area contributed by atoms with E-state index < -0.39 is 0 Å². The lowest BCUT2D eigenvalue weighted by Gasteiger charge is -2.15. The van der Waals surface area contributed by atoms with Crippen molar-refractivity contribution in [2.45, 2.75) is 27.7 Å². The summed E-state index contributed by atoms with van der Waals surface area (Å²) < 4.78 is 6.33. The first-order valence-corrected chi connectivity index (χ1v) is 9.04. The molecule has 1 amide bonds. The molecule has 0 fully saturated rings. The van der Waals surface area contributed by atoms with Crippen LogP contribution in [-0.4, -0.2) is 17.6 Å². The molecule has 0 bridgehead atoms. The van der Waals surface area contributed by atoms with Gasteiger partial charge in [-0.2, -0.15) is 0 Å². The maximum atomic E-state index is 12.0. The van der Waals surface area contributed by atoms with Crippen LogP contribution in [-0.2, 0) is 4.79 Å². The molecule has 0 saturated carbocycles. The van der Waals surface area contributed by atoms with Gasteiger partial charge in [-0.15, -0.1) is 0 Å². The normalized spacial score (nSPS) is 10.3. The van der Waals surface area contributed by atoms with E-state index in [0.29, 0.717) is 5.75 Å².